The molecule has 0 atom stereocenters. The van der Waals surface area contributed by atoms with E-state index in [1.807, 2.05) is 11.5 Å². The van der Waals surface area contributed by atoms with E-state index < -0.39 is 0 Å². The molecule has 3 heterocycles. The van der Waals surface area contributed by atoms with Crippen molar-refractivity contribution in [2.45, 2.75) is 40.3 Å². The zero-order chi connectivity index (χ0) is 20.7. The summed E-state index contributed by atoms with van der Waals surface area (Å²) in [5.74, 6) is 0.837. The van der Waals surface area contributed by atoms with Crippen LogP contribution >= 0.6 is 0 Å². The van der Waals surface area contributed by atoms with Crippen molar-refractivity contribution in [2.75, 3.05) is 24.7 Å². The molecule has 1 aliphatic rings. The van der Waals surface area contributed by atoms with Crippen LogP contribution in [0.3, 0.4) is 0 Å². The molecule has 0 amide bonds. The lowest BCUT2D eigenvalue weighted by Gasteiger charge is -2.22. The summed E-state index contributed by atoms with van der Waals surface area (Å²) < 4.78 is 10.2. The van der Waals surface area contributed by atoms with Crippen molar-refractivity contribution in [3.63, 3.8) is 0 Å². The molecule has 1 aliphatic heterocycles. The van der Waals surface area contributed by atoms with E-state index >= 15 is 0 Å². The molecule has 4 rings (SSSR count). The predicted molar refractivity (Wildman–Crippen MR) is 112 cm³/mol. The second-order valence-corrected chi connectivity index (χ2v) is 7.57. The Kier molecular flexibility index (Phi) is 5.04. The maximum absolute atomic E-state index is 13.2. The van der Waals surface area contributed by atoms with Crippen molar-refractivity contribution in [3.8, 4) is 0 Å². The number of nitrogens with one attached hydrogen (secondary N) is 1. The lowest BCUT2D eigenvalue weighted by atomic mass is 10.1. The van der Waals surface area contributed by atoms with Crippen molar-refractivity contribution in [2.24, 2.45) is 7.05 Å². The fourth-order valence-electron chi connectivity index (χ4n) is 3.98. The normalized spacial score (nSPS) is 13.9. The van der Waals surface area contributed by atoms with E-state index in [-0.39, 0.29) is 17.8 Å². The summed E-state index contributed by atoms with van der Waals surface area (Å²) in [7, 11) is 1.70. The third kappa shape index (κ3) is 3.17. The number of anilines is 2. The smallest absolute Gasteiger partial charge is 0.364 e. The third-order valence-electron chi connectivity index (χ3n) is 5.77. The minimum atomic E-state index is -0.334. The van der Waals surface area contributed by atoms with E-state index in [1.165, 1.54) is 20.3 Å². The molecule has 0 spiro atoms. The number of aryl methyl sites for hydroxylation is 4. The van der Waals surface area contributed by atoms with Gasteiger partial charge in [-0.2, -0.15) is 0 Å². The molecule has 0 fully saturated rings. The molecule has 1 N–H and O–H groups in total. The number of H-pyrrole nitrogens is 1. The standard InChI is InChI=1S/C21H27N5O3/c1-5-29-12-11-26-19(27)17-18(23(4)21(26)28)22-20-24(9-6-10-25(17)20)16-8-7-14(2)15(3)13-16/h7-8,13H,5-6,9-12H2,1-4H3/p+1. The minimum absolute atomic E-state index is 0.247. The molecule has 0 bridgehead atoms. The fraction of sp³-hybridized carbons (Fsp3) is 0.476. The average molecular weight is 398 g/mol. The summed E-state index contributed by atoms with van der Waals surface area (Å²) in [6, 6.07) is 6.38. The number of nitrogens with zero attached hydrogens (tertiary/aromatic N) is 4. The molecular formula is C21H28N5O3+. The van der Waals surface area contributed by atoms with Crippen molar-refractivity contribution in [1.82, 2.24) is 14.1 Å². The molecule has 0 radical (unpaired) electrons. The lowest BCUT2D eigenvalue weighted by Crippen LogP contribution is -2.49. The monoisotopic (exact) mass is 398 g/mol. The van der Waals surface area contributed by atoms with Crippen LogP contribution in [-0.2, 0) is 24.9 Å². The van der Waals surface area contributed by atoms with Gasteiger partial charge in [0.1, 0.15) is 5.69 Å². The number of hydrogen-bond acceptors (Lipinski definition) is 4. The topological polar surface area (TPSA) is 76.1 Å². The molecule has 2 aromatic heterocycles. The lowest BCUT2D eigenvalue weighted by molar-refractivity contribution is -0.663. The number of aromatic amines is 1. The van der Waals surface area contributed by atoms with E-state index in [9.17, 15) is 9.59 Å². The van der Waals surface area contributed by atoms with Gasteiger partial charge in [0, 0.05) is 20.1 Å². The SMILES string of the molecule is CCOCCn1c(=O)c2c([nH]c3[n+]2CCCN3c2ccc(C)c(C)c2)n(C)c1=O. The van der Waals surface area contributed by atoms with Crippen LogP contribution in [0.4, 0.5) is 11.6 Å². The molecule has 3 aromatic rings. The van der Waals surface area contributed by atoms with Gasteiger partial charge in [-0.15, -0.1) is 0 Å². The van der Waals surface area contributed by atoms with E-state index in [4.69, 9.17) is 4.74 Å². The molecule has 0 unspecified atom stereocenters. The van der Waals surface area contributed by atoms with E-state index in [0.717, 1.165) is 31.1 Å². The first kappa shape index (κ1) is 19.4. The highest BCUT2D eigenvalue weighted by Gasteiger charge is 2.33. The van der Waals surface area contributed by atoms with Crippen LogP contribution < -0.4 is 20.7 Å². The molecule has 0 saturated carbocycles. The van der Waals surface area contributed by atoms with Crippen LogP contribution in [0, 0.1) is 13.8 Å². The molecular weight excluding hydrogens is 370 g/mol. The number of rotatable bonds is 5. The Hall–Kier alpha value is -2.87. The first-order valence-corrected chi connectivity index (χ1v) is 10.1. The van der Waals surface area contributed by atoms with Gasteiger partial charge >= 0.3 is 11.6 Å². The summed E-state index contributed by atoms with van der Waals surface area (Å²) in [4.78, 5) is 31.5. The molecule has 0 aliphatic carbocycles. The van der Waals surface area contributed by atoms with Gasteiger partial charge in [0.2, 0.25) is 11.2 Å². The molecule has 0 saturated heterocycles. The Morgan fingerprint density at radius 2 is 2.00 bits per heavy atom. The van der Waals surface area contributed by atoms with Gasteiger partial charge in [0.15, 0.2) is 0 Å². The average Bonchev–Trinajstić information content (AvgIpc) is 3.11. The molecule has 154 valence electrons. The number of ether oxygens (including phenoxy) is 1. The van der Waals surface area contributed by atoms with Crippen LogP contribution in [0.5, 0.6) is 0 Å². The van der Waals surface area contributed by atoms with E-state index in [1.54, 1.807) is 7.05 Å². The quantitative estimate of drug-likeness (QED) is 0.522. The number of fused-ring (bicyclic) bond motifs is 3. The predicted octanol–water partition coefficient (Wildman–Crippen LogP) is 1.51. The van der Waals surface area contributed by atoms with Crippen molar-refractivity contribution < 1.29 is 9.30 Å². The number of aromatic nitrogens is 4. The number of hydrogen-bond donors (Lipinski definition) is 1. The van der Waals surface area contributed by atoms with Crippen LogP contribution in [0.25, 0.3) is 11.2 Å². The minimum Gasteiger partial charge on any atom is -0.380 e. The molecule has 8 heteroatoms. The number of benzene rings is 1. The molecule has 1 aromatic carbocycles. The zero-order valence-electron chi connectivity index (χ0n) is 17.5. The summed E-state index contributed by atoms with van der Waals surface area (Å²) in [6.45, 7) is 8.80. The van der Waals surface area contributed by atoms with E-state index in [0.29, 0.717) is 24.4 Å². The second kappa shape index (κ2) is 7.51. The van der Waals surface area contributed by atoms with Gasteiger partial charge in [-0.05, 0) is 44.0 Å². The maximum atomic E-state index is 13.2. The van der Waals surface area contributed by atoms with Gasteiger partial charge in [0.25, 0.3) is 5.56 Å². The van der Waals surface area contributed by atoms with Crippen molar-refractivity contribution >= 4 is 22.8 Å². The molecule has 8 nitrogen and oxygen atoms in total. The van der Waals surface area contributed by atoms with E-state index in [2.05, 4.69) is 41.9 Å². The van der Waals surface area contributed by atoms with Gasteiger partial charge in [0.05, 0.1) is 26.2 Å². The summed E-state index contributed by atoms with van der Waals surface area (Å²) in [5, 5.41) is 0. The maximum Gasteiger partial charge on any atom is 0.364 e. The van der Waals surface area contributed by atoms with Gasteiger partial charge < -0.3 is 4.74 Å². The van der Waals surface area contributed by atoms with Crippen molar-refractivity contribution in [1.29, 1.82) is 0 Å². The highest BCUT2D eigenvalue weighted by molar-refractivity contribution is 5.70. The van der Waals surface area contributed by atoms with Gasteiger partial charge in [-0.1, -0.05) is 6.07 Å². The Balaban J connectivity index is 1.89. The Labute approximate surface area is 169 Å². The third-order valence-corrected chi connectivity index (χ3v) is 5.77. The Bertz CT molecular complexity index is 1190. The summed E-state index contributed by atoms with van der Waals surface area (Å²) >= 11 is 0. The first-order valence-electron chi connectivity index (χ1n) is 10.1. The zero-order valence-corrected chi connectivity index (χ0v) is 17.5. The highest BCUT2D eigenvalue weighted by Crippen LogP contribution is 2.27. The van der Waals surface area contributed by atoms with Gasteiger partial charge in [-0.3, -0.25) is 13.9 Å². The second-order valence-electron chi connectivity index (χ2n) is 7.57. The summed E-state index contributed by atoms with van der Waals surface area (Å²) in [5.41, 5.74) is 4.03. The van der Waals surface area contributed by atoms with Crippen LogP contribution in [-0.4, -0.2) is 33.9 Å². The van der Waals surface area contributed by atoms with Crippen LogP contribution in [0.1, 0.15) is 24.5 Å². The molecule has 29 heavy (non-hydrogen) atoms. The van der Waals surface area contributed by atoms with Gasteiger partial charge in [-0.25, -0.2) is 19.2 Å². The highest BCUT2D eigenvalue weighted by atomic mass is 16.5. The Morgan fingerprint density at radius 1 is 1.21 bits per heavy atom. The fourth-order valence-corrected chi connectivity index (χ4v) is 3.98. The number of imidazole rings is 1. The Morgan fingerprint density at radius 3 is 2.72 bits per heavy atom. The van der Waals surface area contributed by atoms with Crippen LogP contribution in [0.15, 0.2) is 27.8 Å². The van der Waals surface area contributed by atoms with Crippen LogP contribution in [0.2, 0.25) is 0 Å². The first-order chi connectivity index (χ1) is 13.9. The van der Waals surface area contributed by atoms with Crippen molar-refractivity contribution in [3.05, 3.63) is 50.2 Å². The summed E-state index contributed by atoms with van der Waals surface area (Å²) in [6.07, 6.45) is 0.915. The largest absolute Gasteiger partial charge is 0.380 e.